The zero-order valence-corrected chi connectivity index (χ0v) is 12.2. The molecule has 0 aliphatic carbocycles. The van der Waals surface area contributed by atoms with Crippen molar-refractivity contribution in [1.29, 1.82) is 0 Å². The lowest BCUT2D eigenvalue weighted by Gasteiger charge is -2.17. The van der Waals surface area contributed by atoms with E-state index in [9.17, 15) is 4.79 Å². The second-order valence-electron chi connectivity index (χ2n) is 4.25. The number of benzene rings is 1. The number of hydrogen-bond donors (Lipinski definition) is 1. The molecule has 0 aliphatic heterocycles. The van der Waals surface area contributed by atoms with Crippen LogP contribution in [-0.4, -0.2) is 42.6 Å². The molecule has 5 heteroatoms. The largest absolute Gasteiger partial charge is 0.389 e. The summed E-state index contributed by atoms with van der Waals surface area (Å²) in [6.45, 7) is 3.78. The molecular formula is C14H20N2O2S. The number of nitrogens with two attached hydrogens (primary N) is 1. The SMILES string of the molecule is CCOCCN(C)C(=O)Cc1ccc(C(N)=S)cc1. The molecule has 0 saturated carbocycles. The Morgan fingerprint density at radius 3 is 2.53 bits per heavy atom. The van der Waals surface area contributed by atoms with Gasteiger partial charge in [-0.2, -0.15) is 0 Å². The molecule has 2 N–H and O–H groups in total. The Kier molecular flexibility index (Phi) is 6.45. The van der Waals surface area contributed by atoms with Crippen LogP contribution in [0.25, 0.3) is 0 Å². The van der Waals surface area contributed by atoms with E-state index < -0.39 is 0 Å². The lowest BCUT2D eigenvalue weighted by molar-refractivity contribution is -0.129. The maximum atomic E-state index is 11.9. The molecule has 0 heterocycles. The second-order valence-corrected chi connectivity index (χ2v) is 4.69. The van der Waals surface area contributed by atoms with E-state index in [1.165, 1.54) is 0 Å². The van der Waals surface area contributed by atoms with Gasteiger partial charge in [0.2, 0.25) is 5.91 Å². The molecule has 0 unspecified atom stereocenters. The second kappa shape index (κ2) is 7.86. The molecule has 0 atom stereocenters. The number of carbonyl (C=O) groups excluding carboxylic acids is 1. The summed E-state index contributed by atoms with van der Waals surface area (Å²) in [5.74, 6) is 0.0720. The van der Waals surface area contributed by atoms with Gasteiger partial charge in [-0.25, -0.2) is 0 Å². The highest BCUT2D eigenvalue weighted by Gasteiger charge is 2.09. The van der Waals surface area contributed by atoms with Crippen LogP contribution >= 0.6 is 12.2 Å². The molecule has 104 valence electrons. The van der Waals surface area contributed by atoms with Crippen molar-refractivity contribution in [2.45, 2.75) is 13.3 Å². The number of rotatable bonds is 7. The number of amides is 1. The van der Waals surface area contributed by atoms with Gasteiger partial charge in [-0.3, -0.25) is 4.79 Å². The van der Waals surface area contributed by atoms with Crippen LogP contribution in [0, 0.1) is 0 Å². The van der Waals surface area contributed by atoms with Crippen molar-refractivity contribution in [2.75, 3.05) is 26.8 Å². The average molecular weight is 280 g/mol. The van der Waals surface area contributed by atoms with E-state index in [-0.39, 0.29) is 5.91 Å². The van der Waals surface area contributed by atoms with Gasteiger partial charge in [-0.1, -0.05) is 36.5 Å². The zero-order valence-electron chi connectivity index (χ0n) is 11.4. The van der Waals surface area contributed by atoms with Crippen molar-refractivity contribution in [2.24, 2.45) is 5.73 Å². The van der Waals surface area contributed by atoms with E-state index in [2.05, 4.69) is 0 Å². The van der Waals surface area contributed by atoms with Crippen LogP contribution in [0.5, 0.6) is 0 Å². The normalized spacial score (nSPS) is 10.2. The minimum absolute atomic E-state index is 0.0720. The molecular weight excluding hydrogens is 260 g/mol. The third-order valence-corrected chi connectivity index (χ3v) is 3.03. The van der Waals surface area contributed by atoms with Gasteiger partial charge in [-0.15, -0.1) is 0 Å². The summed E-state index contributed by atoms with van der Waals surface area (Å²) in [5.41, 5.74) is 7.29. The first-order valence-corrected chi connectivity index (χ1v) is 6.66. The molecule has 0 fully saturated rings. The van der Waals surface area contributed by atoms with Crippen LogP contribution in [0.2, 0.25) is 0 Å². The quantitative estimate of drug-likeness (QED) is 0.605. The van der Waals surface area contributed by atoms with Crippen molar-refractivity contribution in [3.63, 3.8) is 0 Å². The maximum Gasteiger partial charge on any atom is 0.226 e. The van der Waals surface area contributed by atoms with E-state index in [1.807, 2.05) is 31.2 Å². The van der Waals surface area contributed by atoms with E-state index in [0.29, 0.717) is 31.2 Å². The molecule has 19 heavy (non-hydrogen) atoms. The van der Waals surface area contributed by atoms with Crippen molar-refractivity contribution in [3.05, 3.63) is 35.4 Å². The van der Waals surface area contributed by atoms with Gasteiger partial charge in [0.05, 0.1) is 13.0 Å². The number of ether oxygens (including phenoxy) is 1. The Bertz CT molecular complexity index is 432. The molecule has 1 rings (SSSR count). The Morgan fingerprint density at radius 1 is 1.37 bits per heavy atom. The first kappa shape index (κ1) is 15.6. The fourth-order valence-corrected chi connectivity index (χ4v) is 1.70. The number of carbonyl (C=O) groups is 1. The Labute approximate surface area is 119 Å². The van der Waals surface area contributed by atoms with Gasteiger partial charge < -0.3 is 15.4 Å². The minimum Gasteiger partial charge on any atom is -0.389 e. The summed E-state index contributed by atoms with van der Waals surface area (Å²) in [5, 5.41) is 0. The molecule has 0 saturated heterocycles. The molecule has 0 spiro atoms. The van der Waals surface area contributed by atoms with Crippen molar-refractivity contribution >= 4 is 23.1 Å². The maximum absolute atomic E-state index is 11.9. The molecule has 4 nitrogen and oxygen atoms in total. The van der Waals surface area contributed by atoms with Crippen molar-refractivity contribution in [1.82, 2.24) is 4.90 Å². The number of likely N-dealkylation sites (N-methyl/N-ethyl adjacent to an activating group) is 1. The Morgan fingerprint density at radius 2 is 2.00 bits per heavy atom. The monoisotopic (exact) mass is 280 g/mol. The van der Waals surface area contributed by atoms with Gasteiger partial charge in [0.1, 0.15) is 4.99 Å². The molecule has 0 aromatic heterocycles. The fourth-order valence-electron chi connectivity index (χ4n) is 1.57. The lowest BCUT2D eigenvalue weighted by Crippen LogP contribution is -2.31. The van der Waals surface area contributed by atoms with Gasteiger partial charge in [0.25, 0.3) is 0 Å². The summed E-state index contributed by atoms with van der Waals surface area (Å²) in [6.07, 6.45) is 0.375. The minimum atomic E-state index is 0.0720. The first-order valence-electron chi connectivity index (χ1n) is 6.25. The third-order valence-electron chi connectivity index (χ3n) is 2.79. The van der Waals surface area contributed by atoms with Crippen LogP contribution in [0.1, 0.15) is 18.1 Å². The van der Waals surface area contributed by atoms with Crippen molar-refractivity contribution in [3.8, 4) is 0 Å². The highest BCUT2D eigenvalue weighted by Crippen LogP contribution is 2.06. The molecule has 0 radical (unpaired) electrons. The standard InChI is InChI=1S/C14H20N2O2S/c1-3-18-9-8-16(2)13(17)10-11-4-6-12(7-5-11)14(15)19/h4-7H,3,8-10H2,1-2H3,(H2,15,19). The molecule has 1 aromatic rings. The summed E-state index contributed by atoms with van der Waals surface area (Å²) in [6, 6.07) is 7.43. The number of hydrogen-bond acceptors (Lipinski definition) is 3. The number of nitrogens with zero attached hydrogens (tertiary/aromatic N) is 1. The van der Waals surface area contributed by atoms with Gasteiger partial charge in [-0.05, 0) is 12.5 Å². The first-order chi connectivity index (χ1) is 9.04. The van der Waals surface area contributed by atoms with Crippen molar-refractivity contribution < 1.29 is 9.53 Å². The molecule has 0 bridgehead atoms. The smallest absolute Gasteiger partial charge is 0.226 e. The predicted molar refractivity (Wildman–Crippen MR) is 80.2 cm³/mol. The van der Waals surface area contributed by atoms with Crippen LogP contribution in [0.3, 0.4) is 0 Å². The van der Waals surface area contributed by atoms with Crippen LogP contribution in [-0.2, 0) is 16.0 Å². The average Bonchev–Trinajstić information content (AvgIpc) is 2.39. The predicted octanol–water partition coefficient (Wildman–Crippen LogP) is 1.36. The van der Waals surface area contributed by atoms with E-state index in [1.54, 1.807) is 11.9 Å². The highest BCUT2D eigenvalue weighted by atomic mass is 32.1. The lowest BCUT2D eigenvalue weighted by atomic mass is 10.1. The van der Waals surface area contributed by atoms with E-state index in [4.69, 9.17) is 22.7 Å². The third kappa shape index (κ3) is 5.36. The fraction of sp³-hybridized carbons (Fsp3) is 0.429. The molecule has 1 aromatic carbocycles. The van der Waals surface area contributed by atoms with Gasteiger partial charge in [0.15, 0.2) is 0 Å². The van der Waals surface area contributed by atoms with E-state index in [0.717, 1.165) is 11.1 Å². The van der Waals surface area contributed by atoms with Crippen LogP contribution in [0.15, 0.2) is 24.3 Å². The van der Waals surface area contributed by atoms with E-state index >= 15 is 0 Å². The van der Waals surface area contributed by atoms with Crippen LogP contribution in [0.4, 0.5) is 0 Å². The zero-order chi connectivity index (χ0) is 14.3. The Balaban J connectivity index is 2.49. The molecule has 1 amide bonds. The van der Waals surface area contributed by atoms with Gasteiger partial charge in [0, 0.05) is 25.8 Å². The van der Waals surface area contributed by atoms with Crippen LogP contribution < -0.4 is 5.73 Å². The summed E-state index contributed by atoms with van der Waals surface area (Å²) in [4.78, 5) is 14.0. The summed E-state index contributed by atoms with van der Waals surface area (Å²) < 4.78 is 5.22. The molecule has 0 aliphatic rings. The summed E-state index contributed by atoms with van der Waals surface area (Å²) >= 11 is 4.88. The summed E-state index contributed by atoms with van der Waals surface area (Å²) in [7, 11) is 1.78. The Hall–Kier alpha value is -1.46. The van der Waals surface area contributed by atoms with Gasteiger partial charge >= 0.3 is 0 Å². The topological polar surface area (TPSA) is 55.6 Å². The highest BCUT2D eigenvalue weighted by molar-refractivity contribution is 7.80. The number of thiocarbonyl (C=S) groups is 1.